The van der Waals surface area contributed by atoms with Crippen LogP contribution in [0.25, 0.3) is 0 Å². The maximum absolute atomic E-state index is 12.6. The van der Waals surface area contributed by atoms with Crippen molar-refractivity contribution in [2.24, 2.45) is 0 Å². The summed E-state index contributed by atoms with van der Waals surface area (Å²) in [4.78, 5) is 26.3. The number of amides is 2. The number of hydrogen-bond acceptors (Lipinski definition) is 3. The number of carbonyl (C=O) groups is 2. The van der Waals surface area contributed by atoms with E-state index in [0.717, 1.165) is 12.8 Å². The van der Waals surface area contributed by atoms with Crippen molar-refractivity contribution in [2.75, 3.05) is 6.54 Å². The first-order valence-electron chi connectivity index (χ1n) is 7.41. The van der Waals surface area contributed by atoms with E-state index in [9.17, 15) is 9.59 Å². The molecule has 2 atom stereocenters. The maximum Gasteiger partial charge on any atom is 0.248 e. The molecule has 0 saturated carbocycles. The Balaban J connectivity index is 2.12. The van der Waals surface area contributed by atoms with Gasteiger partial charge in [-0.25, -0.2) is 0 Å². The molecule has 0 aromatic heterocycles. The van der Waals surface area contributed by atoms with Gasteiger partial charge in [-0.15, -0.1) is 0 Å². The lowest BCUT2D eigenvalue weighted by Crippen LogP contribution is -2.55. The van der Waals surface area contributed by atoms with Crippen molar-refractivity contribution in [3.63, 3.8) is 0 Å². The second-order valence-electron chi connectivity index (χ2n) is 7.22. The van der Waals surface area contributed by atoms with Gasteiger partial charge in [-0.2, -0.15) is 0 Å². The summed E-state index contributed by atoms with van der Waals surface area (Å²) in [6.07, 6.45) is 2.39. The van der Waals surface area contributed by atoms with Crippen molar-refractivity contribution >= 4 is 11.8 Å². The Morgan fingerprint density at radius 3 is 2.50 bits per heavy atom. The minimum absolute atomic E-state index is 0.0239. The molecule has 2 heterocycles. The Kier molecular flexibility index (Phi) is 3.84. The molecular formula is C15H26N2O3. The van der Waals surface area contributed by atoms with Crippen LogP contribution in [-0.2, 0) is 14.3 Å². The molecule has 2 saturated heterocycles. The van der Waals surface area contributed by atoms with Crippen LogP contribution in [0.4, 0.5) is 0 Å². The number of ether oxygens (including phenoxy) is 1. The van der Waals surface area contributed by atoms with Gasteiger partial charge < -0.3 is 15.0 Å². The third kappa shape index (κ3) is 3.14. The first-order chi connectivity index (χ1) is 9.11. The summed E-state index contributed by atoms with van der Waals surface area (Å²) in [6, 6.07) is -0.0865. The highest BCUT2D eigenvalue weighted by atomic mass is 16.5. The van der Waals surface area contributed by atoms with Crippen molar-refractivity contribution in [1.82, 2.24) is 10.2 Å². The average molecular weight is 282 g/mol. The van der Waals surface area contributed by atoms with E-state index in [1.165, 1.54) is 0 Å². The average Bonchev–Trinajstić information content (AvgIpc) is 2.60. The zero-order valence-electron chi connectivity index (χ0n) is 13.2. The van der Waals surface area contributed by atoms with Gasteiger partial charge in [0.1, 0.15) is 5.54 Å². The highest BCUT2D eigenvalue weighted by molar-refractivity contribution is 5.93. The SMILES string of the molecule is CC1CC(=O)NC(C)(C)C(=O)N1CC1CCC(C)(C)O1. The second-order valence-corrected chi connectivity index (χ2v) is 7.22. The molecule has 0 spiro atoms. The normalized spacial score (nSPS) is 33.0. The molecule has 2 aliphatic heterocycles. The molecule has 0 radical (unpaired) electrons. The summed E-state index contributed by atoms with van der Waals surface area (Å²) >= 11 is 0. The first kappa shape index (κ1) is 15.3. The standard InChI is InChI=1S/C15H26N2O3/c1-10-8-12(18)16-15(4,5)13(19)17(10)9-11-6-7-14(2,3)20-11/h10-11H,6-9H2,1-5H3,(H,16,18). The molecule has 2 rings (SSSR count). The Hall–Kier alpha value is -1.10. The second kappa shape index (κ2) is 5.02. The van der Waals surface area contributed by atoms with Crippen LogP contribution >= 0.6 is 0 Å². The first-order valence-corrected chi connectivity index (χ1v) is 7.41. The van der Waals surface area contributed by atoms with Gasteiger partial charge in [0, 0.05) is 19.0 Å². The van der Waals surface area contributed by atoms with Crippen LogP contribution < -0.4 is 5.32 Å². The molecule has 2 aliphatic rings. The van der Waals surface area contributed by atoms with E-state index in [2.05, 4.69) is 19.2 Å². The van der Waals surface area contributed by atoms with Crippen molar-refractivity contribution < 1.29 is 14.3 Å². The summed E-state index contributed by atoms with van der Waals surface area (Å²) in [6.45, 7) is 10.2. The lowest BCUT2D eigenvalue weighted by atomic mass is 10.0. The number of hydrogen-bond donors (Lipinski definition) is 1. The number of carbonyl (C=O) groups excluding carboxylic acids is 2. The molecule has 5 heteroatoms. The number of rotatable bonds is 2. The Labute approximate surface area is 121 Å². The fourth-order valence-electron chi connectivity index (χ4n) is 3.08. The van der Waals surface area contributed by atoms with Crippen molar-refractivity contribution in [3.05, 3.63) is 0 Å². The van der Waals surface area contributed by atoms with Crippen LogP contribution in [0.1, 0.15) is 53.9 Å². The molecule has 114 valence electrons. The summed E-state index contributed by atoms with van der Waals surface area (Å²) < 4.78 is 5.98. The third-order valence-corrected chi connectivity index (χ3v) is 4.21. The molecule has 5 nitrogen and oxygen atoms in total. The molecule has 20 heavy (non-hydrogen) atoms. The predicted octanol–water partition coefficient (Wildman–Crippen LogP) is 1.46. The molecule has 0 bridgehead atoms. The van der Waals surface area contributed by atoms with Crippen LogP contribution in [0, 0.1) is 0 Å². The van der Waals surface area contributed by atoms with Crippen LogP contribution in [0.3, 0.4) is 0 Å². The maximum atomic E-state index is 12.6. The number of nitrogens with zero attached hydrogens (tertiary/aromatic N) is 1. The predicted molar refractivity (Wildman–Crippen MR) is 76.2 cm³/mol. The zero-order valence-corrected chi connectivity index (χ0v) is 13.2. The van der Waals surface area contributed by atoms with Crippen molar-refractivity contribution in [3.8, 4) is 0 Å². The van der Waals surface area contributed by atoms with Gasteiger partial charge in [0.2, 0.25) is 11.8 Å². The summed E-state index contributed by atoms with van der Waals surface area (Å²) in [5.41, 5.74) is -0.942. The lowest BCUT2D eigenvalue weighted by molar-refractivity contribution is -0.141. The van der Waals surface area contributed by atoms with Gasteiger partial charge in [0.25, 0.3) is 0 Å². The van der Waals surface area contributed by atoms with E-state index in [1.54, 1.807) is 13.8 Å². The Morgan fingerprint density at radius 2 is 1.95 bits per heavy atom. The smallest absolute Gasteiger partial charge is 0.248 e. The number of nitrogens with one attached hydrogen (secondary N) is 1. The van der Waals surface area contributed by atoms with E-state index in [-0.39, 0.29) is 29.6 Å². The molecule has 0 aromatic carbocycles. The molecule has 0 aliphatic carbocycles. The van der Waals surface area contributed by atoms with Crippen LogP contribution in [0.15, 0.2) is 0 Å². The van der Waals surface area contributed by atoms with E-state index < -0.39 is 5.54 Å². The van der Waals surface area contributed by atoms with Gasteiger partial charge in [0.05, 0.1) is 11.7 Å². The minimum atomic E-state index is -0.837. The Bertz CT molecular complexity index is 417. The molecule has 0 aromatic rings. The van der Waals surface area contributed by atoms with Crippen LogP contribution in [-0.4, -0.2) is 46.5 Å². The van der Waals surface area contributed by atoms with Gasteiger partial charge in [0.15, 0.2) is 0 Å². The quantitative estimate of drug-likeness (QED) is 0.834. The Morgan fingerprint density at radius 1 is 1.30 bits per heavy atom. The lowest BCUT2D eigenvalue weighted by Gasteiger charge is -2.34. The monoisotopic (exact) mass is 282 g/mol. The third-order valence-electron chi connectivity index (χ3n) is 4.21. The van der Waals surface area contributed by atoms with Crippen molar-refractivity contribution in [2.45, 2.75) is 77.2 Å². The van der Waals surface area contributed by atoms with Crippen LogP contribution in [0.2, 0.25) is 0 Å². The highest BCUT2D eigenvalue weighted by Crippen LogP contribution is 2.31. The largest absolute Gasteiger partial charge is 0.371 e. The molecule has 2 fully saturated rings. The minimum Gasteiger partial charge on any atom is -0.371 e. The van der Waals surface area contributed by atoms with Gasteiger partial charge >= 0.3 is 0 Å². The summed E-state index contributed by atoms with van der Waals surface area (Å²) in [5, 5.41) is 2.80. The van der Waals surface area contributed by atoms with Crippen LogP contribution in [0.5, 0.6) is 0 Å². The fourth-order valence-corrected chi connectivity index (χ4v) is 3.08. The van der Waals surface area contributed by atoms with E-state index in [1.807, 2.05) is 11.8 Å². The molecule has 2 unspecified atom stereocenters. The highest BCUT2D eigenvalue weighted by Gasteiger charge is 2.42. The molecule has 2 amide bonds. The zero-order chi connectivity index (χ0) is 15.1. The van der Waals surface area contributed by atoms with Gasteiger partial charge in [-0.05, 0) is 47.5 Å². The molecular weight excluding hydrogens is 256 g/mol. The summed E-state index contributed by atoms with van der Waals surface area (Å²) in [7, 11) is 0. The van der Waals surface area contributed by atoms with Gasteiger partial charge in [-0.1, -0.05) is 0 Å². The molecule has 1 N–H and O–H groups in total. The van der Waals surface area contributed by atoms with E-state index in [0.29, 0.717) is 13.0 Å². The van der Waals surface area contributed by atoms with Crippen molar-refractivity contribution in [1.29, 1.82) is 0 Å². The fraction of sp³-hybridized carbons (Fsp3) is 0.867. The summed E-state index contributed by atoms with van der Waals surface area (Å²) in [5.74, 6) is -0.0878. The van der Waals surface area contributed by atoms with E-state index >= 15 is 0 Å². The van der Waals surface area contributed by atoms with Gasteiger partial charge in [-0.3, -0.25) is 9.59 Å². The van der Waals surface area contributed by atoms with E-state index in [4.69, 9.17) is 4.74 Å². The topological polar surface area (TPSA) is 58.6 Å².